The molecule has 0 bridgehead atoms. The lowest BCUT2D eigenvalue weighted by molar-refractivity contribution is -0.119. The van der Waals surface area contributed by atoms with Crippen LogP contribution in [0.4, 0.5) is 5.69 Å². The summed E-state index contributed by atoms with van der Waals surface area (Å²) in [6, 6.07) is 23.1. The van der Waals surface area contributed by atoms with Crippen molar-refractivity contribution in [3.05, 3.63) is 106 Å². The number of fused-ring (bicyclic) bond motifs is 2. The number of likely N-dealkylation sites (N-methyl/N-ethyl adjacent to an activating group) is 1. The summed E-state index contributed by atoms with van der Waals surface area (Å²) in [7, 11) is 0. The number of hydrogen-bond acceptors (Lipinski definition) is 4. The van der Waals surface area contributed by atoms with Crippen molar-refractivity contribution < 1.29 is 4.79 Å². The van der Waals surface area contributed by atoms with Gasteiger partial charge in [-0.15, -0.1) is 0 Å². The highest BCUT2D eigenvalue weighted by atomic mass is 16.2. The Labute approximate surface area is 207 Å². The van der Waals surface area contributed by atoms with E-state index in [4.69, 9.17) is 0 Å². The highest BCUT2D eigenvalue weighted by Crippen LogP contribution is 2.26. The highest BCUT2D eigenvalue weighted by molar-refractivity contribution is 6.03. The maximum Gasteiger partial charge on any atom is 0.333 e. The zero-order chi connectivity index (χ0) is 25.2. The van der Waals surface area contributed by atoms with Gasteiger partial charge < -0.3 is 9.47 Å². The van der Waals surface area contributed by atoms with E-state index in [-0.39, 0.29) is 19.0 Å². The molecule has 3 aromatic carbocycles. The second kappa shape index (κ2) is 9.65. The molecule has 0 aliphatic heterocycles. The van der Waals surface area contributed by atoms with Gasteiger partial charge in [-0.1, -0.05) is 66.7 Å². The Morgan fingerprint density at radius 3 is 2.36 bits per heavy atom. The van der Waals surface area contributed by atoms with E-state index in [0.29, 0.717) is 24.3 Å². The quantitative estimate of drug-likeness (QED) is 0.355. The van der Waals surface area contributed by atoms with Gasteiger partial charge >= 0.3 is 5.69 Å². The molecule has 0 saturated heterocycles. The first kappa shape index (κ1) is 23.3. The molecule has 0 aliphatic rings. The molecule has 0 spiro atoms. The standard InChI is InChI=1S/C28H27N5O3/c1-3-30-19-29-26-25(30)27(35)33(28(36)32(26)17-20-11-6-5-7-12-20)18-24(34)31(4-2)23-16-10-14-21-13-8-9-15-22(21)23/h5-16,19H,3-4,17-18H2,1-2H3. The SMILES string of the molecule is CCN(C(=O)Cn1c(=O)c2c(ncn2CC)n(Cc2ccccc2)c1=O)c1cccc2ccccc12. The molecule has 2 heterocycles. The fourth-order valence-corrected chi connectivity index (χ4v) is 4.67. The maximum absolute atomic E-state index is 13.6. The molecule has 0 radical (unpaired) electrons. The summed E-state index contributed by atoms with van der Waals surface area (Å²) >= 11 is 0. The molecular formula is C28H27N5O3. The number of benzene rings is 3. The molecule has 8 heteroatoms. The van der Waals surface area contributed by atoms with Crippen molar-refractivity contribution in [2.24, 2.45) is 0 Å². The van der Waals surface area contributed by atoms with Crippen LogP contribution in [0.15, 0.2) is 88.7 Å². The van der Waals surface area contributed by atoms with E-state index in [1.165, 1.54) is 4.57 Å². The van der Waals surface area contributed by atoms with Crippen molar-refractivity contribution >= 4 is 33.5 Å². The number of hydrogen-bond donors (Lipinski definition) is 0. The van der Waals surface area contributed by atoms with Gasteiger partial charge in [0.1, 0.15) is 6.54 Å². The summed E-state index contributed by atoms with van der Waals surface area (Å²) in [6.07, 6.45) is 1.56. The van der Waals surface area contributed by atoms with Crippen molar-refractivity contribution in [1.29, 1.82) is 0 Å². The van der Waals surface area contributed by atoms with Gasteiger partial charge in [-0.2, -0.15) is 0 Å². The fraction of sp³-hybridized carbons (Fsp3) is 0.214. The average molecular weight is 482 g/mol. The third kappa shape index (κ3) is 4.00. The van der Waals surface area contributed by atoms with Crippen LogP contribution in [-0.4, -0.2) is 31.1 Å². The lowest BCUT2D eigenvalue weighted by Gasteiger charge is -2.23. The minimum absolute atomic E-state index is 0.242. The molecule has 5 aromatic rings. The number of carbonyl (C=O) groups is 1. The smallest absolute Gasteiger partial charge is 0.325 e. The van der Waals surface area contributed by atoms with Gasteiger partial charge in [0.05, 0.1) is 18.6 Å². The van der Waals surface area contributed by atoms with Crippen LogP contribution in [0, 0.1) is 0 Å². The Morgan fingerprint density at radius 2 is 1.61 bits per heavy atom. The zero-order valence-corrected chi connectivity index (χ0v) is 20.3. The third-order valence-corrected chi connectivity index (χ3v) is 6.48. The van der Waals surface area contributed by atoms with E-state index in [0.717, 1.165) is 26.6 Å². The molecule has 1 amide bonds. The van der Waals surface area contributed by atoms with Crippen molar-refractivity contribution in [1.82, 2.24) is 18.7 Å². The van der Waals surface area contributed by atoms with Crippen LogP contribution in [0.1, 0.15) is 19.4 Å². The van der Waals surface area contributed by atoms with Gasteiger partial charge in [0, 0.05) is 18.5 Å². The molecule has 0 aliphatic carbocycles. The number of imidazole rings is 1. The molecule has 0 fully saturated rings. The number of aromatic nitrogens is 4. The van der Waals surface area contributed by atoms with Gasteiger partial charge in [-0.25, -0.2) is 14.3 Å². The average Bonchev–Trinajstić information content (AvgIpc) is 3.34. The minimum Gasteiger partial charge on any atom is -0.325 e. The van der Waals surface area contributed by atoms with Crippen LogP contribution in [0.2, 0.25) is 0 Å². The van der Waals surface area contributed by atoms with E-state index in [9.17, 15) is 14.4 Å². The maximum atomic E-state index is 13.6. The number of anilines is 1. The van der Waals surface area contributed by atoms with Crippen molar-refractivity contribution in [3.63, 3.8) is 0 Å². The van der Waals surface area contributed by atoms with Crippen LogP contribution < -0.4 is 16.1 Å². The summed E-state index contributed by atoms with van der Waals surface area (Å²) in [5.74, 6) is -0.332. The lowest BCUT2D eigenvalue weighted by atomic mass is 10.1. The topological polar surface area (TPSA) is 82.1 Å². The van der Waals surface area contributed by atoms with Crippen LogP contribution in [0.5, 0.6) is 0 Å². The van der Waals surface area contributed by atoms with Gasteiger partial charge in [0.25, 0.3) is 5.56 Å². The lowest BCUT2D eigenvalue weighted by Crippen LogP contribution is -2.45. The fourth-order valence-electron chi connectivity index (χ4n) is 4.67. The predicted molar refractivity (Wildman–Crippen MR) is 141 cm³/mol. The number of aryl methyl sites for hydroxylation is 1. The first-order valence-electron chi connectivity index (χ1n) is 12.0. The molecule has 5 rings (SSSR count). The van der Waals surface area contributed by atoms with Crippen LogP contribution in [0.25, 0.3) is 21.9 Å². The first-order valence-corrected chi connectivity index (χ1v) is 12.0. The minimum atomic E-state index is -0.556. The zero-order valence-electron chi connectivity index (χ0n) is 20.3. The summed E-state index contributed by atoms with van der Waals surface area (Å²) in [5, 5.41) is 1.94. The number of rotatable bonds is 7. The monoisotopic (exact) mass is 481 g/mol. The van der Waals surface area contributed by atoms with Crippen LogP contribution in [0.3, 0.4) is 0 Å². The Balaban J connectivity index is 1.62. The second-order valence-electron chi connectivity index (χ2n) is 8.58. The summed E-state index contributed by atoms with van der Waals surface area (Å²) in [5.41, 5.74) is 1.21. The van der Waals surface area contributed by atoms with Gasteiger partial charge in [0.2, 0.25) is 5.91 Å². The Bertz CT molecular complexity index is 1680. The Hall–Kier alpha value is -4.46. The molecule has 0 saturated carbocycles. The molecule has 0 atom stereocenters. The number of amides is 1. The van der Waals surface area contributed by atoms with Crippen LogP contribution in [-0.2, 0) is 24.4 Å². The largest absolute Gasteiger partial charge is 0.333 e. The van der Waals surface area contributed by atoms with E-state index in [1.54, 1.807) is 15.8 Å². The van der Waals surface area contributed by atoms with Crippen molar-refractivity contribution in [3.8, 4) is 0 Å². The molecule has 0 unspecified atom stereocenters. The summed E-state index contributed by atoms with van der Waals surface area (Å²) < 4.78 is 4.22. The van der Waals surface area contributed by atoms with Gasteiger partial charge in [0.15, 0.2) is 11.2 Å². The molecule has 0 N–H and O–H groups in total. The van der Waals surface area contributed by atoms with E-state index >= 15 is 0 Å². The van der Waals surface area contributed by atoms with Gasteiger partial charge in [-0.05, 0) is 30.9 Å². The van der Waals surface area contributed by atoms with E-state index in [2.05, 4.69) is 4.98 Å². The van der Waals surface area contributed by atoms with E-state index < -0.39 is 11.2 Å². The van der Waals surface area contributed by atoms with E-state index in [1.807, 2.05) is 86.6 Å². The molecule has 36 heavy (non-hydrogen) atoms. The molecular weight excluding hydrogens is 454 g/mol. The summed E-state index contributed by atoms with van der Waals surface area (Å²) in [4.78, 5) is 46.7. The highest BCUT2D eigenvalue weighted by Gasteiger charge is 2.23. The van der Waals surface area contributed by atoms with Crippen LogP contribution >= 0.6 is 0 Å². The molecule has 2 aromatic heterocycles. The normalized spacial score (nSPS) is 11.3. The predicted octanol–water partition coefficient (Wildman–Crippen LogP) is 3.63. The van der Waals surface area contributed by atoms with Gasteiger partial charge in [-0.3, -0.25) is 14.2 Å². The third-order valence-electron chi connectivity index (χ3n) is 6.48. The molecule has 8 nitrogen and oxygen atoms in total. The van der Waals surface area contributed by atoms with Crippen molar-refractivity contribution in [2.45, 2.75) is 33.5 Å². The Kier molecular flexibility index (Phi) is 6.25. The number of nitrogens with zero attached hydrogens (tertiary/aromatic N) is 5. The first-order chi connectivity index (χ1) is 17.5. The Morgan fingerprint density at radius 1 is 0.889 bits per heavy atom. The number of carbonyl (C=O) groups excluding carboxylic acids is 1. The summed E-state index contributed by atoms with van der Waals surface area (Å²) in [6.45, 7) is 4.57. The second-order valence-corrected chi connectivity index (χ2v) is 8.58. The molecule has 182 valence electrons. The van der Waals surface area contributed by atoms with Crippen molar-refractivity contribution in [2.75, 3.05) is 11.4 Å².